The zero-order chi connectivity index (χ0) is 15.2. The first-order chi connectivity index (χ1) is 10.2. The Hall–Kier alpha value is -1.50. The second kappa shape index (κ2) is 7.49. The van der Waals surface area contributed by atoms with Gasteiger partial charge in [-0.15, -0.1) is 0 Å². The van der Waals surface area contributed by atoms with Gasteiger partial charge in [0.25, 0.3) is 5.91 Å². The maximum Gasteiger partial charge on any atom is 0.254 e. The van der Waals surface area contributed by atoms with Crippen molar-refractivity contribution in [3.05, 3.63) is 34.3 Å². The number of rotatable bonds is 5. The van der Waals surface area contributed by atoms with E-state index in [9.17, 15) is 4.79 Å². The van der Waals surface area contributed by atoms with Gasteiger partial charge in [0.1, 0.15) is 6.61 Å². The van der Waals surface area contributed by atoms with E-state index in [4.69, 9.17) is 16.7 Å². The van der Waals surface area contributed by atoms with E-state index < -0.39 is 0 Å². The Morgan fingerprint density at radius 2 is 2.24 bits per heavy atom. The molecule has 0 aromatic heterocycles. The summed E-state index contributed by atoms with van der Waals surface area (Å²) in [5.74, 6) is 5.38. The molecular weight excluding hydrogens is 286 g/mol. The molecule has 0 saturated heterocycles. The monoisotopic (exact) mass is 305 g/mol. The Balaban J connectivity index is 2.16. The number of halogens is 1. The van der Waals surface area contributed by atoms with Crippen LogP contribution in [0.15, 0.2) is 18.2 Å². The molecule has 0 bridgehead atoms. The van der Waals surface area contributed by atoms with Crippen LogP contribution in [0.2, 0.25) is 5.02 Å². The van der Waals surface area contributed by atoms with Gasteiger partial charge < -0.3 is 10.0 Å². The van der Waals surface area contributed by atoms with Crippen LogP contribution in [-0.4, -0.2) is 35.1 Å². The fraction of sp³-hybridized carbons (Fsp3) is 0.471. The highest BCUT2D eigenvalue weighted by molar-refractivity contribution is 6.32. The molecule has 1 saturated carbocycles. The van der Waals surface area contributed by atoms with Crippen LogP contribution in [0, 0.1) is 11.8 Å². The van der Waals surface area contributed by atoms with Crippen molar-refractivity contribution in [2.24, 2.45) is 0 Å². The number of amides is 1. The molecule has 0 unspecified atom stereocenters. The number of aliphatic hydroxyl groups is 1. The molecule has 112 valence electrons. The van der Waals surface area contributed by atoms with Crippen molar-refractivity contribution in [1.82, 2.24) is 4.90 Å². The van der Waals surface area contributed by atoms with Crippen LogP contribution in [0.5, 0.6) is 0 Å². The molecule has 0 radical (unpaired) electrons. The highest BCUT2D eigenvalue weighted by Gasteiger charge is 2.32. The van der Waals surface area contributed by atoms with Crippen molar-refractivity contribution in [3.8, 4) is 11.8 Å². The molecular formula is C17H20ClNO2. The van der Waals surface area contributed by atoms with E-state index in [2.05, 4.69) is 18.8 Å². The van der Waals surface area contributed by atoms with Crippen molar-refractivity contribution < 1.29 is 9.90 Å². The summed E-state index contributed by atoms with van der Waals surface area (Å²) >= 11 is 6.16. The predicted octanol–water partition coefficient (Wildman–Crippen LogP) is 3.09. The Kier molecular flexibility index (Phi) is 5.67. The van der Waals surface area contributed by atoms with Gasteiger partial charge in [-0.25, -0.2) is 0 Å². The number of benzene rings is 1. The third-order valence-electron chi connectivity index (χ3n) is 3.52. The summed E-state index contributed by atoms with van der Waals surface area (Å²) in [5.41, 5.74) is 1.24. The molecule has 0 heterocycles. The van der Waals surface area contributed by atoms with Crippen LogP contribution < -0.4 is 0 Å². The van der Waals surface area contributed by atoms with Gasteiger partial charge in [-0.1, -0.05) is 36.8 Å². The van der Waals surface area contributed by atoms with Gasteiger partial charge in [0.15, 0.2) is 0 Å². The molecule has 0 spiro atoms. The van der Waals surface area contributed by atoms with E-state index >= 15 is 0 Å². The number of carbonyl (C=O) groups excluding carboxylic acids is 1. The number of aliphatic hydroxyl groups excluding tert-OH is 1. The molecule has 1 fully saturated rings. The summed E-state index contributed by atoms with van der Waals surface area (Å²) in [6.45, 7) is 2.73. The first kappa shape index (κ1) is 15.9. The molecule has 4 heteroatoms. The lowest BCUT2D eigenvalue weighted by Gasteiger charge is -2.22. The second-order valence-corrected chi connectivity index (χ2v) is 5.64. The summed E-state index contributed by atoms with van der Waals surface area (Å²) in [6, 6.07) is 5.57. The topological polar surface area (TPSA) is 40.5 Å². The zero-order valence-electron chi connectivity index (χ0n) is 12.2. The molecule has 1 N–H and O–H groups in total. The molecule has 1 amide bonds. The summed E-state index contributed by atoms with van der Waals surface area (Å²) in [4.78, 5) is 14.6. The van der Waals surface area contributed by atoms with Crippen molar-refractivity contribution in [2.45, 2.75) is 38.6 Å². The molecule has 0 atom stereocenters. The maximum absolute atomic E-state index is 12.6. The highest BCUT2D eigenvalue weighted by atomic mass is 35.5. The molecule has 21 heavy (non-hydrogen) atoms. The Labute approximate surface area is 130 Å². The van der Waals surface area contributed by atoms with Crippen molar-refractivity contribution >= 4 is 17.5 Å². The predicted molar refractivity (Wildman–Crippen MR) is 84.4 cm³/mol. The number of hydrogen-bond acceptors (Lipinski definition) is 2. The van der Waals surface area contributed by atoms with Gasteiger partial charge in [0, 0.05) is 23.7 Å². The highest BCUT2D eigenvalue weighted by Crippen LogP contribution is 2.29. The summed E-state index contributed by atoms with van der Waals surface area (Å²) in [6.07, 6.45) is 4.30. The fourth-order valence-corrected chi connectivity index (χ4v) is 2.44. The minimum atomic E-state index is -0.205. The summed E-state index contributed by atoms with van der Waals surface area (Å²) in [7, 11) is 0. The van der Waals surface area contributed by atoms with E-state index in [1.165, 1.54) is 0 Å². The van der Waals surface area contributed by atoms with E-state index in [0.717, 1.165) is 32.2 Å². The molecule has 0 aliphatic heterocycles. The van der Waals surface area contributed by atoms with Gasteiger partial charge in [0.05, 0.1) is 5.02 Å². The molecule has 2 rings (SSSR count). The van der Waals surface area contributed by atoms with Crippen LogP contribution in [0.25, 0.3) is 0 Å². The van der Waals surface area contributed by atoms with Crippen molar-refractivity contribution in [2.75, 3.05) is 13.2 Å². The number of nitrogens with zero attached hydrogens (tertiary/aromatic N) is 1. The lowest BCUT2D eigenvalue weighted by molar-refractivity contribution is 0.0740. The number of carbonyl (C=O) groups is 1. The average Bonchev–Trinajstić information content (AvgIpc) is 3.31. The SMILES string of the molecule is CCCCN(C(=O)c1ccc(C#CCO)c(Cl)c1)C1CC1. The lowest BCUT2D eigenvalue weighted by Crippen LogP contribution is -2.34. The van der Waals surface area contributed by atoms with Gasteiger partial charge in [-0.05, 0) is 37.5 Å². The minimum Gasteiger partial charge on any atom is -0.384 e. The van der Waals surface area contributed by atoms with Gasteiger partial charge in [-0.3, -0.25) is 4.79 Å². The zero-order valence-corrected chi connectivity index (χ0v) is 13.0. The van der Waals surface area contributed by atoms with E-state index in [-0.39, 0.29) is 12.5 Å². The van der Waals surface area contributed by atoms with Crippen molar-refractivity contribution in [1.29, 1.82) is 0 Å². The third kappa shape index (κ3) is 4.23. The smallest absolute Gasteiger partial charge is 0.254 e. The van der Waals surface area contributed by atoms with E-state index in [1.807, 2.05) is 4.90 Å². The van der Waals surface area contributed by atoms with Gasteiger partial charge in [0.2, 0.25) is 0 Å². The Morgan fingerprint density at radius 3 is 2.81 bits per heavy atom. The Morgan fingerprint density at radius 1 is 1.48 bits per heavy atom. The lowest BCUT2D eigenvalue weighted by atomic mass is 10.1. The van der Waals surface area contributed by atoms with Crippen LogP contribution in [0.4, 0.5) is 0 Å². The Bertz CT molecular complexity index is 570. The average molecular weight is 306 g/mol. The fourth-order valence-electron chi connectivity index (χ4n) is 2.21. The largest absolute Gasteiger partial charge is 0.384 e. The summed E-state index contributed by atoms with van der Waals surface area (Å²) in [5, 5.41) is 9.16. The first-order valence-electron chi connectivity index (χ1n) is 7.37. The second-order valence-electron chi connectivity index (χ2n) is 5.24. The van der Waals surface area contributed by atoms with Crippen LogP contribution >= 0.6 is 11.6 Å². The quantitative estimate of drug-likeness (QED) is 0.849. The van der Waals surface area contributed by atoms with Crippen molar-refractivity contribution in [3.63, 3.8) is 0 Å². The summed E-state index contributed by atoms with van der Waals surface area (Å²) < 4.78 is 0. The molecule has 1 aliphatic carbocycles. The standard InChI is InChI=1S/C17H20ClNO2/c1-2-3-10-19(15-8-9-15)17(21)14-7-6-13(5-4-11-20)16(18)12-14/h6-7,12,15,20H,2-3,8-11H2,1H3. The number of unbranched alkanes of at least 4 members (excludes halogenated alkanes) is 1. The molecule has 3 nitrogen and oxygen atoms in total. The molecule has 1 aromatic carbocycles. The van der Waals surface area contributed by atoms with Crippen LogP contribution in [0.1, 0.15) is 48.5 Å². The molecule has 1 aromatic rings. The van der Waals surface area contributed by atoms with E-state index in [1.54, 1.807) is 18.2 Å². The van der Waals surface area contributed by atoms with E-state index in [0.29, 0.717) is 22.2 Å². The maximum atomic E-state index is 12.6. The third-order valence-corrected chi connectivity index (χ3v) is 3.83. The first-order valence-corrected chi connectivity index (χ1v) is 7.75. The van der Waals surface area contributed by atoms with Gasteiger partial charge in [-0.2, -0.15) is 0 Å². The van der Waals surface area contributed by atoms with Gasteiger partial charge >= 0.3 is 0 Å². The van der Waals surface area contributed by atoms with Crippen LogP contribution in [0.3, 0.4) is 0 Å². The molecule has 1 aliphatic rings. The normalized spacial score (nSPS) is 13.5. The number of hydrogen-bond donors (Lipinski definition) is 1. The minimum absolute atomic E-state index is 0.0505. The van der Waals surface area contributed by atoms with Crippen LogP contribution in [-0.2, 0) is 0 Å².